The van der Waals surface area contributed by atoms with Gasteiger partial charge >= 0.3 is 0 Å². The summed E-state index contributed by atoms with van der Waals surface area (Å²) in [5, 5.41) is 13.8. The second kappa shape index (κ2) is 6.41. The minimum atomic E-state index is -0.722. The van der Waals surface area contributed by atoms with Crippen molar-refractivity contribution in [1.82, 2.24) is 5.32 Å². The molecule has 0 fully saturated rings. The number of hydrogen-bond acceptors (Lipinski definition) is 3. The third-order valence-corrected chi connectivity index (χ3v) is 3.71. The van der Waals surface area contributed by atoms with Crippen molar-refractivity contribution in [2.45, 2.75) is 45.1 Å². The van der Waals surface area contributed by atoms with Crippen LogP contribution in [0.3, 0.4) is 0 Å². The molecule has 0 bridgehead atoms. The van der Waals surface area contributed by atoms with E-state index >= 15 is 0 Å². The lowest BCUT2D eigenvalue weighted by molar-refractivity contribution is -0.122. The number of aryl methyl sites for hydroxylation is 1. The lowest BCUT2D eigenvalue weighted by Crippen LogP contribution is -2.44. The van der Waals surface area contributed by atoms with Gasteiger partial charge in [0.1, 0.15) is 5.54 Å². The molecule has 0 saturated heterocycles. The first-order chi connectivity index (χ1) is 8.09. The van der Waals surface area contributed by atoms with Gasteiger partial charge < -0.3 is 5.32 Å². The van der Waals surface area contributed by atoms with Gasteiger partial charge in [-0.25, -0.2) is 0 Å². The molecule has 1 atom stereocenters. The molecule has 1 aromatic heterocycles. The summed E-state index contributed by atoms with van der Waals surface area (Å²) in [5.74, 6) is -0.0348. The van der Waals surface area contributed by atoms with Crippen LogP contribution in [0, 0.1) is 11.3 Å². The van der Waals surface area contributed by atoms with Crippen LogP contribution >= 0.6 is 11.3 Å². The van der Waals surface area contributed by atoms with Crippen LogP contribution in [0.5, 0.6) is 0 Å². The van der Waals surface area contributed by atoms with Gasteiger partial charge in [0.15, 0.2) is 0 Å². The Morgan fingerprint density at radius 1 is 1.65 bits per heavy atom. The van der Waals surface area contributed by atoms with Crippen LogP contribution in [-0.4, -0.2) is 11.4 Å². The highest BCUT2D eigenvalue weighted by Crippen LogP contribution is 2.13. The van der Waals surface area contributed by atoms with Gasteiger partial charge in [-0.05, 0) is 37.6 Å². The van der Waals surface area contributed by atoms with Gasteiger partial charge in [-0.1, -0.05) is 13.0 Å². The molecule has 1 heterocycles. The molecule has 0 saturated carbocycles. The Labute approximate surface area is 106 Å². The Kier molecular flexibility index (Phi) is 5.17. The maximum atomic E-state index is 11.6. The molecule has 0 aliphatic carbocycles. The number of nitrogens with zero attached hydrogens (tertiary/aromatic N) is 1. The number of amides is 1. The Hall–Kier alpha value is -1.34. The van der Waals surface area contributed by atoms with Crippen molar-refractivity contribution >= 4 is 17.2 Å². The van der Waals surface area contributed by atoms with E-state index in [1.54, 1.807) is 18.3 Å². The van der Waals surface area contributed by atoms with Crippen molar-refractivity contribution in [1.29, 1.82) is 5.26 Å². The number of thiophene rings is 1. The smallest absolute Gasteiger partial charge is 0.221 e. The topological polar surface area (TPSA) is 52.9 Å². The number of nitrogens with one attached hydrogen (secondary N) is 1. The normalized spacial score (nSPS) is 13.7. The van der Waals surface area contributed by atoms with E-state index in [0.717, 1.165) is 12.8 Å². The van der Waals surface area contributed by atoms with E-state index in [2.05, 4.69) is 17.5 Å². The summed E-state index contributed by atoms with van der Waals surface area (Å²) < 4.78 is 0. The SMILES string of the molecule is CCC(C)(C#N)NC(=O)CCCc1cccs1. The Balaban J connectivity index is 2.29. The van der Waals surface area contributed by atoms with E-state index in [-0.39, 0.29) is 5.91 Å². The third-order valence-electron chi connectivity index (χ3n) is 2.78. The Bertz CT molecular complexity index is 394. The molecule has 1 N–H and O–H groups in total. The molecular formula is C13H18N2OS. The number of nitriles is 1. The predicted octanol–water partition coefficient (Wildman–Crippen LogP) is 2.88. The first-order valence-corrected chi connectivity index (χ1v) is 6.72. The number of carbonyl (C=O) groups excluding carboxylic acids is 1. The van der Waals surface area contributed by atoms with Crippen LogP contribution < -0.4 is 5.32 Å². The molecule has 1 aromatic rings. The fourth-order valence-corrected chi connectivity index (χ4v) is 2.19. The fraction of sp³-hybridized carbons (Fsp3) is 0.538. The van der Waals surface area contributed by atoms with E-state index in [1.165, 1.54) is 4.88 Å². The highest BCUT2D eigenvalue weighted by atomic mass is 32.1. The molecule has 0 aliphatic rings. The third kappa shape index (κ3) is 4.58. The van der Waals surface area contributed by atoms with Gasteiger partial charge in [-0.3, -0.25) is 4.79 Å². The van der Waals surface area contributed by atoms with E-state index in [1.807, 2.05) is 18.4 Å². The number of rotatable bonds is 6. The van der Waals surface area contributed by atoms with Crippen LogP contribution in [0.25, 0.3) is 0 Å². The average molecular weight is 250 g/mol. The molecule has 0 radical (unpaired) electrons. The number of carbonyl (C=O) groups is 1. The Morgan fingerprint density at radius 2 is 2.41 bits per heavy atom. The van der Waals surface area contributed by atoms with Gasteiger partial charge in [0.25, 0.3) is 0 Å². The minimum absolute atomic E-state index is 0.0348. The average Bonchev–Trinajstić information content (AvgIpc) is 2.82. The molecule has 1 rings (SSSR count). The van der Waals surface area contributed by atoms with Crippen LogP contribution in [0.2, 0.25) is 0 Å². The van der Waals surface area contributed by atoms with E-state index in [9.17, 15) is 4.79 Å². The molecule has 92 valence electrons. The van der Waals surface area contributed by atoms with Gasteiger partial charge in [0, 0.05) is 11.3 Å². The van der Waals surface area contributed by atoms with Crippen molar-refractivity contribution in [2.24, 2.45) is 0 Å². The van der Waals surface area contributed by atoms with Gasteiger partial charge in [0.05, 0.1) is 6.07 Å². The summed E-state index contributed by atoms with van der Waals surface area (Å²) in [7, 11) is 0. The van der Waals surface area contributed by atoms with Crippen molar-refractivity contribution in [2.75, 3.05) is 0 Å². The fourth-order valence-electron chi connectivity index (χ4n) is 1.44. The zero-order chi connectivity index (χ0) is 12.7. The monoisotopic (exact) mass is 250 g/mol. The summed E-state index contributed by atoms with van der Waals surface area (Å²) in [5.41, 5.74) is -0.722. The molecule has 3 nitrogen and oxygen atoms in total. The summed E-state index contributed by atoms with van der Waals surface area (Å²) in [4.78, 5) is 12.9. The first-order valence-electron chi connectivity index (χ1n) is 5.84. The summed E-state index contributed by atoms with van der Waals surface area (Å²) in [6.07, 6.45) is 2.87. The lowest BCUT2D eigenvalue weighted by atomic mass is 10.0. The van der Waals surface area contributed by atoms with Crippen LogP contribution in [-0.2, 0) is 11.2 Å². The quantitative estimate of drug-likeness (QED) is 0.844. The highest BCUT2D eigenvalue weighted by molar-refractivity contribution is 7.09. The predicted molar refractivity (Wildman–Crippen MR) is 69.7 cm³/mol. The largest absolute Gasteiger partial charge is 0.338 e. The van der Waals surface area contributed by atoms with Crippen LogP contribution in [0.15, 0.2) is 17.5 Å². The van der Waals surface area contributed by atoms with Crippen molar-refractivity contribution < 1.29 is 4.79 Å². The van der Waals surface area contributed by atoms with Gasteiger partial charge in [-0.15, -0.1) is 11.3 Å². The standard InChI is InChI=1S/C13H18N2OS/c1-3-13(2,10-14)15-12(16)8-4-6-11-7-5-9-17-11/h5,7,9H,3-4,6,8H2,1-2H3,(H,15,16). The molecule has 0 aromatic carbocycles. The minimum Gasteiger partial charge on any atom is -0.338 e. The second-order valence-electron chi connectivity index (χ2n) is 4.28. The van der Waals surface area contributed by atoms with E-state index in [4.69, 9.17) is 5.26 Å². The van der Waals surface area contributed by atoms with E-state index in [0.29, 0.717) is 12.8 Å². The first kappa shape index (κ1) is 13.7. The van der Waals surface area contributed by atoms with E-state index < -0.39 is 5.54 Å². The molecule has 1 amide bonds. The molecule has 17 heavy (non-hydrogen) atoms. The summed E-state index contributed by atoms with van der Waals surface area (Å²) >= 11 is 1.71. The summed E-state index contributed by atoms with van der Waals surface area (Å²) in [6.45, 7) is 3.65. The lowest BCUT2D eigenvalue weighted by Gasteiger charge is -2.21. The maximum Gasteiger partial charge on any atom is 0.221 e. The van der Waals surface area contributed by atoms with Gasteiger partial charge in [0.2, 0.25) is 5.91 Å². The van der Waals surface area contributed by atoms with Gasteiger partial charge in [-0.2, -0.15) is 5.26 Å². The van der Waals surface area contributed by atoms with Crippen molar-refractivity contribution in [3.8, 4) is 6.07 Å². The molecule has 0 spiro atoms. The maximum absolute atomic E-state index is 11.6. The molecular weight excluding hydrogens is 232 g/mol. The van der Waals surface area contributed by atoms with Crippen molar-refractivity contribution in [3.63, 3.8) is 0 Å². The zero-order valence-electron chi connectivity index (χ0n) is 10.3. The molecule has 1 unspecified atom stereocenters. The number of hydrogen-bond donors (Lipinski definition) is 1. The second-order valence-corrected chi connectivity index (χ2v) is 5.31. The molecule has 4 heteroatoms. The van der Waals surface area contributed by atoms with Crippen LogP contribution in [0.1, 0.15) is 38.0 Å². The Morgan fingerprint density at radius 3 is 2.94 bits per heavy atom. The van der Waals surface area contributed by atoms with Crippen molar-refractivity contribution in [3.05, 3.63) is 22.4 Å². The zero-order valence-corrected chi connectivity index (χ0v) is 11.1. The van der Waals surface area contributed by atoms with Crippen LogP contribution in [0.4, 0.5) is 0 Å². The summed E-state index contributed by atoms with van der Waals surface area (Å²) in [6, 6.07) is 6.23. The highest BCUT2D eigenvalue weighted by Gasteiger charge is 2.22. The molecule has 0 aliphatic heterocycles.